The first-order valence-electron chi connectivity index (χ1n) is 11.2. The van der Waals surface area contributed by atoms with Crippen LogP contribution in [0, 0.1) is 6.92 Å². The minimum Gasteiger partial charge on any atom is -0.494 e. The number of rotatable bonds is 7. The normalized spacial score (nSPS) is 15.4. The number of nitrogens with zero attached hydrogens (tertiary/aromatic N) is 3. The second-order valence-corrected chi connectivity index (χ2v) is 9.05. The number of carbonyl (C=O) groups is 1. The highest BCUT2D eigenvalue weighted by molar-refractivity contribution is 7.20. The largest absolute Gasteiger partial charge is 0.494 e. The van der Waals surface area contributed by atoms with E-state index in [9.17, 15) is 4.79 Å². The van der Waals surface area contributed by atoms with Crippen LogP contribution in [0.25, 0.3) is 15.3 Å². The Morgan fingerprint density at radius 2 is 2.00 bits per heavy atom. The van der Waals surface area contributed by atoms with E-state index >= 15 is 0 Å². The van der Waals surface area contributed by atoms with Gasteiger partial charge < -0.3 is 14.8 Å². The number of fused-ring (bicyclic) bond motifs is 2. The molecule has 0 saturated carbocycles. The molecule has 1 aliphatic heterocycles. The first-order chi connectivity index (χ1) is 16.1. The van der Waals surface area contributed by atoms with Crippen LogP contribution in [0.15, 0.2) is 42.5 Å². The van der Waals surface area contributed by atoms with Crippen LogP contribution in [0.2, 0.25) is 0 Å². The van der Waals surface area contributed by atoms with Crippen molar-refractivity contribution in [3.8, 4) is 16.6 Å². The Kier molecular flexibility index (Phi) is 5.76. The summed E-state index contributed by atoms with van der Waals surface area (Å²) < 4.78 is 14.2. The lowest BCUT2D eigenvalue weighted by Crippen LogP contribution is -2.25. The smallest absolute Gasteiger partial charge is 0.226 e. The molecule has 0 saturated heterocycles. The number of aromatic nitrogens is 3. The molecule has 33 heavy (non-hydrogen) atoms. The molecule has 0 spiro atoms. The van der Waals surface area contributed by atoms with E-state index in [-0.39, 0.29) is 11.8 Å². The number of aryl methyl sites for hydroxylation is 1. The molecular formula is C25H26N4O3S. The molecule has 7 nitrogen and oxygen atoms in total. The van der Waals surface area contributed by atoms with Crippen molar-refractivity contribution < 1.29 is 14.3 Å². The van der Waals surface area contributed by atoms with Gasteiger partial charge >= 0.3 is 0 Å². The van der Waals surface area contributed by atoms with Crippen molar-refractivity contribution in [2.24, 2.45) is 0 Å². The minimum atomic E-state index is -0.0911. The fourth-order valence-electron chi connectivity index (χ4n) is 4.25. The van der Waals surface area contributed by atoms with E-state index in [2.05, 4.69) is 18.3 Å². The average Bonchev–Trinajstić information content (AvgIpc) is 3.38. The molecule has 0 radical (unpaired) electrons. The Morgan fingerprint density at radius 3 is 2.82 bits per heavy atom. The number of thiazole rings is 1. The van der Waals surface area contributed by atoms with Gasteiger partial charge in [0.2, 0.25) is 11.0 Å². The fourth-order valence-corrected chi connectivity index (χ4v) is 5.20. The predicted octanol–water partition coefficient (Wildman–Crippen LogP) is 5.45. The third-order valence-electron chi connectivity index (χ3n) is 5.68. The summed E-state index contributed by atoms with van der Waals surface area (Å²) in [6.07, 6.45) is 1.31. The zero-order chi connectivity index (χ0) is 22.9. The molecule has 8 heteroatoms. The number of amides is 1. The molecule has 3 heterocycles. The van der Waals surface area contributed by atoms with E-state index in [1.54, 1.807) is 4.68 Å². The standard InChI is InChI=1S/C25H26N4O3S/c1-4-11-32-17-8-6-7-16(12-17)19-14-22(30)27-24-23(19)15(3)28-29(24)25-26-20-10-9-18(31-5-2)13-21(20)33-25/h6-10,12-13,19H,4-5,11,14H2,1-3H3,(H,27,30). The summed E-state index contributed by atoms with van der Waals surface area (Å²) in [5, 5.41) is 8.54. The van der Waals surface area contributed by atoms with Gasteiger partial charge in [-0.15, -0.1) is 0 Å². The van der Waals surface area contributed by atoms with Gasteiger partial charge in [0.05, 0.1) is 29.1 Å². The highest BCUT2D eigenvalue weighted by Crippen LogP contribution is 2.42. The molecular weight excluding hydrogens is 436 g/mol. The summed E-state index contributed by atoms with van der Waals surface area (Å²) in [7, 11) is 0. The van der Waals surface area contributed by atoms with E-state index < -0.39 is 0 Å². The number of benzene rings is 2. The number of ether oxygens (including phenoxy) is 2. The summed E-state index contributed by atoms with van der Waals surface area (Å²) in [6.45, 7) is 7.31. The Bertz CT molecular complexity index is 1330. The van der Waals surface area contributed by atoms with E-state index in [0.717, 1.165) is 45.0 Å². The van der Waals surface area contributed by atoms with E-state index in [0.29, 0.717) is 30.6 Å². The summed E-state index contributed by atoms with van der Waals surface area (Å²) in [6, 6.07) is 13.9. The highest BCUT2D eigenvalue weighted by Gasteiger charge is 2.33. The van der Waals surface area contributed by atoms with E-state index in [4.69, 9.17) is 19.6 Å². The number of nitrogens with one attached hydrogen (secondary N) is 1. The van der Waals surface area contributed by atoms with Crippen molar-refractivity contribution in [1.29, 1.82) is 0 Å². The maximum Gasteiger partial charge on any atom is 0.226 e. The summed E-state index contributed by atoms with van der Waals surface area (Å²) >= 11 is 1.52. The summed E-state index contributed by atoms with van der Waals surface area (Å²) in [5.41, 5.74) is 3.83. The maximum atomic E-state index is 12.7. The summed E-state index contributed by atoms with van der Waals surface area (Å²) in [4.78, 5) is 17.5. The lowest BCUT2D eigenvalue weighted by atomic mass is 9.86. The number of hydrogen-bond acceptors (Lipinski definition) is 6. The van der Waals surface area contributed by atoms with Crippen molar-refractivity contribution in [1.82, 2.24) is 14.8 Å². The first kappa shape index (κ1) is 21.5. The van der Waals surface area contributed by atoms with Crippen LogP contribution >= 0.6 is 11.3 Å². The minimum absolute atomic E-state index is 0.0340. The van der Waals surface area contributed by atoms with Crippen LogP contribution in [-0.2, 0) is 4.79 Å². The SMILES string of the molecule is CCCOc1cccc(C2CC(=O)Nc3c2c(C)nn3-c2nc3ccc(OCC)cc3s2)c1. The van der Waals surface area contributed by atoms with Gasteiger partial charge in [0, 0.05) is 17.9 Å². The molecule has 1 atom stereocenters. The van der Waals surface area contributed by atoms with Gasteiger partial charge in [0.15, 0.2) is 0 Å². The molecule has 2 aromatic carbocycles. The molecule has 0 bridgehead atoms. The van der Waals surface area contributed by atoms with Crippen molar-refractivity contribution in [3.05, 3.63) is 59.3 Å². The third-order valence-corrected chi connectivity index (χ3v) is 6.67. The Morgan fingerprint density at radius 1 is 1.15 bits per heavy atom. The molecule has 1 amide bonds. The number of anilines is 1. The van der Waals surface area contributed by atoms with E-state index in [1.165, 1.54) is 11.3 Å². The maximum absolute atomic E-state index is 12.7. The van der Waals surface area contributed by atoms with Crippen LogP contribution < -0.4 is 14.8 Å². The quantitative estimate of drug-likeness (QED) is 0.395. The van der Waals surface area contributed by atoms with E-state index in [1.807, 2.05) is 50.2 Å². The van der Waals surface area contributed by atoms with Crippen molar-refractivity contribution in [3.63, 3.8) is 0 Å². The molecule has 1 unspecified atom stereocenters. The Labute approximate surface area is 196 Å². The van der Waals surface area contributed by atoms with Crippen molar-refractivity contribution in [2.75, 3.05) is 18.5 Å². The van der Waals surface area contributed by atoms with Crippen molar-refractivity contribution in [2.45, 2.75) is 39.5 Å². The number of hydrogen-bond donors (Lipinski definition) is 1. The van der Waals surface area contributed by atoms with Gasteiger partial charge in [0.25, 0.3) is 0 Å². The topological polar surface area (TPSA) is 78.3 Å². The second kappa shape index (κ2) is 8.86. The van der Waals surface area contributed by atoms with Gasteiger partial charge in [-0.25, -0.2) is 4.98 Å². The molecule has 1 aliphatic rings. The second-order valence-electron chi connectivity index (χ2n) is 8.04. The molecule has 170 valence electrons. The molecule has 2 aromatic heterocycles. The van der Waals surface area contributed by atoms with Crippen molar-refractivity contribution >= 4 is 33.3 Å². The lowest BCUT2D eigenvalue weighted by Gasteiger charge is -2.24. The monoisotopic (exact) mass is 462 g/mol. The van der Waals surface area contributed by atoms with Crippen LogP contribution in [0.5, 0.6) is 11.5 Å². The zero-order valence-corrected chi connectivity index (χ0v) is 19.7. The molecule has 0 aliphatic carbocycles. The third kappa shape index (κ3) is 4.06. The lowest BCUT2D eigenvalue weighted by molar-refractivity contribution is -0.116. The molecule has 4 aromatic rings. The Balaban J connectivity index is 1.56. The van der Waals surface area contributed by atoms with Gasteiger partial charge in [-0.2, -0.15) is 9.78 Å². The fraction of sp³-hybridized carbons (Fsp3) is 0.320. The average molecular weight is 463 g/mol. The van der Waals surface area contributed by atoms with Crippen LogP contribution in [-0.4, -0.2) is 33.9 Å². The first-order valence-corrected chi connectivity index (χ1v) is 12.0. The van der Waals surface area contributed by atoms with Crippen LogP contribution in [0.1, 0.15) is 49.4 Å². The van der Waals surface area contributed by atoms with Crippen LogP contribution in [0.3, 0.4) is 0 Å². The van der Waals surface area contributed by atoms with Gasteiger partial charge in [0.1, 0.15) is 17.3 Å². The van der Waals surface area contributed by atoms with Crippen LogP contribution in [0.4, 0.5) is 5.82 Å². The Hall–Kier alpha value is -3.39. The van der Waals surface area contributed by atoms with Gasteiger partial charge in [-0.1, -0.05) is 30.4 Å². The zero-order valence-electron chi connectivity index (χ0n) is 18.9. The number of carbonyl (C=O) groups excluding carboxylic acids is 1. The van der Waals surface area contributed by atoms with Gasteiger partial charge in [-0.3, -0.25) is 4.79 Å². The predicted molar refractivity (Wildman–Crippen MR) is 130 cm³/mol. The highest BCUT2D eigenvalue weighted by atomic mass is 32.1. The molecule has 1 N–H and O–H groups in total. The molecule has 0 fully saturated rings. The molecule has 5 rings (SSSR count). The van der Waals surface area contributed by atoms with Gasteiger partial charge in [-0.05, 0) is 56.2 Å². The summed E-state index contributed by atoms with van der Waals surface area (Å²) in [5.74, 6) is 2.21.